The molecule has 0 heterocycles. The van der Waals surface area contributed by atoms with Crippen molar-refractivity contribution in [1.29, 1.82) is 0 Å². The van der Waals surface area contributed by atoms with E-state index in [0.29, 0.717) is 6.04 Å². The van der Waals surface area contributed by atoms with Crippen molar-refractivity contribution in [1.82, 2.24) is 0 Å². The summed E-state index contributed by atoms with van der Waals surface area (Å²) < 4.78 is 0. The van der Waals surface area contributed by atoms with Crippen LogP contribution in [0.5, 0.6) is 0 Å². The Labute approximate surface area is 57.6 Å². The summed E-state index contributed by atoms with van der Waals surface area (Å²) in [5.41, 5.74) is 5.84. The van der Waals surface area contributed by atoms with E-state index < -0.39 is 0 Å². The molecule has 0 radical (unpaired) electrons. The number of rotatable bonds is 0. The molecule has 1 rings (SSSR count). The summed E-state index contributed by atoms with van der Waals surface area (Å²) >= 11 is 0. The quantitative estimate of drug-likeness (QED) is 0.527. The number of nitrogens with two attached hydrogens (primary N) is 1. The second-order valence-corrected chi connectivity index (χ2v) is 3.56. The van der Waals surface area contributed by atoms with Crippen LogP contribution in [0.4, 0.5) is 0 Å². The molecule has 1 aliphatic carbocycles. The average molecular weight is 127 g/mol. The van der Waals surface area contributed by atoms with Crippen LogP contribution in [0.2, 0.25) is 0 Å². The average Bonchev–Trinajstić information content (AvgIpc) is 1.80. The van der Waals surface area contributed by atoms with Gasteiger partial charge in [0.1, 0.15) is 0 Å². The fraction of sp³-hybridized carbons (Fsp3) is 1.00. The smallest absolute Gasteiger partial charge is 0.00647 e. The van der Waals surface area contributed by atoms with Crippen molar-refractivity contribution < 1.29 is 0 Å². The summed E-state index contributed by atoms with van der Waals surface area (Å²) in [6.07, 6.45) is 3.91. The lowest BCUT2D eigenvalue weighted by atomic mass is 9.80. The minimum Gasteiger partial charge on any atom is -0.327 e. The third-order valence-electron chi connectivity index (χ3n) is 2.50. The van der Waals surface area contributed by atoms with Gasteiger partial charge in [0, 0.05) is 6.04 Å². The third kappa shape index (κ3) is 1.68. The van der Waals surface area contributed by atoms with Crippen molar-refractivity contribution in [2.45, 2.75) is 39.2 Å². The highest BCUT2D eigenvalue weighted by Crippen LogP contribution is 2.26. The van der Waals surface area contributed by atoms with Crippen LogP contribution < -0.4 is 5.73 Å². The standard InChI is InChI=1S/C8H17N/c1-6-3-4-8(9)7(2)5-6/h6-8H,3-5,9H2,1-2H3/t6-,7-,8-/m1/s1. The van der Waals surface area contributed by atoms with E-state index in [0.717, 1.165) is 11.8 Å². The van der Waals surface area contributed by atoms with Gasteiger partial charge in [-0.3, -0.25) is 0 Å². The van der Waals surface area contributed by atoms with Crippen LogP contribution in [-0.4, -0.2) is 6.04 Å². The minimum atomic E-state index is 0.487. The lowest BCUT2D eigenvalue weighted by molar-refractivity contribution is 0.263. The zero-order valence-electron chi connectivity index (χ0n) is 6.43. The highest BCUT2D eigenvalue weighted by atomic mass is 14.7. The van der Waals surface area contributed by atoms with Gasteiger partial charge in [0.2, 0.25) is 0 Å². The lowest BCUT2D eigenvalue weighted by Crippen LogP contribution is -2.33. The molecule has 0 aromatic heterocycles. The number of hydrogen-bond acceptors (Lipinski definition) is 1. The van der Waals surface area contributed by atoms with E-state index in [-0.39, 0.29) is 0 Å². The fourth-order valence-electron chi connectivity index (χ4n) is 1.69. The van der Waals surface area contributed by atoms with Crippen molar-refractivity contribution >= 4 is 0 Å². The molecule has 1 saturated carbocycles. The molecule has 0 unspecified atom stereocenters. The van der Waals surface area contributed by atoms with E-state index in [1.807, 2.05) is 0 Å². The fourth-order valence-corrected chi connectivity index (χ4v) is 1.69. The molecule has 1 aliphatic rings. The molecule has 0 aliphatic heterocycles. The van der Waals surface area contributed by atoms with Gasteiger partial charge in [-0.1, -0.05) is 13.8 Å². The first-order valence-corrected chi connectivity index (χ1v) is 3.95. The summed E-state index contributed by atoms with van der Waals surface area (Å²) in [6.45, 7) is 4.59. The third-order valence-corrected chi connectivity index (χ3v) is 2.50. The van der Waals surface area contributed by atoms with Gasteiger partial charge in [-0.15, -0.1) is 0 Å². The zero-order valence-corrected chi connectivity index (χ0v) is 6.43. The van der Waals surface area contributed by atoms with E-state index in [1.165, 1.54) is 19.3 Å². The molecule has 2 N–H and O–H groups in total. The maximum atomic E-state index is 5.84. The molecule has 1 nitrogen and oxygen atoms in total. The van der Waals surface area contributed by atoms with Gasteiger partial charge >= 0.3 is 0 Å². The molecule has 3 atom stereocenters. The van der Waals surface area contributed by atoms with Gasteiger partial charge in [0.25, 0.3) is 0 Å². The van der Waals surface area contributed by atoms with Crippen LogP contribution in [0.25, 0.3) is 0 Å². The van der Waals surface area contributed by atoms with Gasteiger partial charge in [0.05, 0.1) is 0 Å². The van der Waals surface area contributed by atoms with Crippen molar-refractivity contribution in [3.05, 3.63) is 0 Å². The van der Waals surface area contributed by atoms with Gasteiger partial charge in [-0.2, -0.15) is 0 Å². The van der Waals surface area contributed by atoms with Crippen LogP contribution in [-0.2, 0) is 0 Å². The van der Waals surface area contributed by atoms with E-state index in [9.17, 15) is 0 Å². The van der Waals surface area contributed by atoms with Crippen LogP contribution in [0.3, 0.4) is 0 Å². The van der Waals surface area contributed by atoms with Gasteiger partial charge in [0.15, 0.2) is 0 Å². The molecule has 0 spiro atoms. The molecule has 1 fully saturated rings. The number of hydrogen-bond donors (Lipinski definition) is 1. The van der Waals surface area contributed by atoms with Crippen molar-refractivity contribution in [3.63, 3.8) is 0 Å². The van der Waals surface area contributed by atoms with E-state index >= 15 is 0 Å². The van der Waals surface area contributed by atoms with Crippen molar-refractivity contribution in [2.75, 3.05) is 0 Å². The SMILES string of the molecule is C[C@@H]1CC[C@@H](N)[C@H](C)C1. The zero-order chi connectivity index (χ0) is 6.85. The van der Waals surface area contributed by atoms with Crippen LogP contribution >= 0.6 is 0 Å². The second kappa shape index (κ2) is 2.70. The van der Waals surface area contributed by atoms with E-state index in [4.69, 9.17) is 5.73 Å². The first kappa shape index (κ1) is 7.07. The predicted molar refractivity (Wildman–Crippen MR) is 40.2 cm³/mol. The normalized spacial score (nSPS) is 45.0. The highest BCUT2D eigenvalue weighted by Gasteiger charge is 2.21. The largest absolute Gasteiger partial charge is 0.327 e. The lowest BCUT2D eigenvalue weighted by Gasteiger charge is -2.29. The van der Waals surface area contributed by atoms with E-state index in [1.54, 1.807) is 0 Å². The van der Waals surface area contributed by atoms with E-state index in [2.05, 4.69) is 13.8 Å². The molecule has 0 saturated heterocycles. The summed E-state index contributed by atoms with van der Waals surface area (Å²) in [6, 6.07) is 0.487. The summed E-state index contributed by atoms with van der Waals surface area (Å²) in [5.74, 6) is 1.67. The van der Waals surface area contributed by atoms with Crippen LogP contribution in [0.15, 0.2) is 0 Å². The Morgan fingerprint density at radius 1 is 1.22 bits per heavy atom. The molecular weight excluding hydrogens is 110 g/mol. The Bertz CT molecular complexity index is 90.6. The second-order valence-electron chi connectivity index (χ2n) is 3.56. The Morgan fingerprint density at radius 3 is 2.33 bits per heavy atom. The molecule has 0 bridgehead atoms. The van der Waals surface area contributed by atoms with Gasteiger partial charge in [-0.25, -0.2) is 0 Å². The molecule has 0 aromatic rings. The summed E-state index contributed by atoms with van der Waals surface area (Å²) in [5, 5.41) is 0. The minimum absolute atomic E-state index is 0.487. The van der Waals surface area contributed by atoms with Crippen molar-refractivity contribution in [3.8, 4) is 0 Å². The first-order valence-electron chi connectivity index (χ1n) is 3.95. The Morgan fingerprint density at radius 2 is 1.89 bits per heavy atom. The molecule has 0 aromatic carbocycles. The van der Waals surface area contributed by atoms with Crippen LogP contribution in [0.1, 0.15) is 33.1 Å². The molecule has 54 valence electrons. The summed E-state index contributed by atoms with van der Waals surface area (Å²) in [7, 11) is 0. The molecule has 9 heavy (non-hydrogen) atoms. The van der Waals surface area contributed by atoms with Crippen molar-refractivity contribution in [2.24, 2.45) is 17.6 Å². The molecule has 0 amide bonds. The highest BCUT2D eigenvalue weighted by molar-refractivity contribution is 4.77. The monoisotopic (exact) mass is 127 g/mol. The topological polar surface area (TPSA) is 26.0 Å². The Balaban J connectivity index is 2.35. The summed E-state index contributed by atoms with van der Waals surface area (Å²) in [4.78, 5) is 0. The maximum absolute atomic E-state index is 5.84. The Hall–Kier alpha value is -0.0400. The predicted octanol–water partition coefficient (Wildman–Crippen LogP) is 1.77. The molecule has 1 heteroatoms. The van der Waals surface area contributed by atoms with Gasteiger partial charge in [-0.05, 0) is 31.1 Å². The Kier molecular flexibility index (Phi) is 2.12. The van der Waals surface area contributed by atoms with Gasteiger partial charge < -0.3 is 5.73 Å². The maximum Gasteiger partial charge on any atom is 0.00647 e. The van der Waals surface area contributed by atoms with Crippen LogP contribution in [0, 0.1) is 11.8 Å². The first-order chi connectivity index (χ1) is 4.20. The molecular formula is C8H17N.